The van der Waals surface area contributed by atoms with E-state index in [9.17, 15) is 4.79 Å². The Kier molecular flexibility index (Phi) is 4.65. The van der Waals surface area contributed by atoms with Gasteiger partial charge in [-0.25, -0.2) is 4.79 Å². The number of aromatic nitrogens is 2. The van der Waals surface area contributed by atoms with Gasteiger partial charge in [0.1, 0.15) is 11.4 Å². The molecule has 2 rings (SSSR count). The molecule has 0 unspecified atom stereocenters. The number of carbonyl (C=O) groups excluding carboxylic acids is 1. The van der Waals surface area contributed by atoms with Gasteiger partial charge in [-0.1, -0.05) is 0 Å². The molecule has 7 nitrogen and oxygen atoms in total. The first-order chi connectivity index (χ1) is 10.3. The zero-order valence-electron chi connectivity index (χ0n) is 13.0. The van der Waals surface area contributed by atoms with Crippen LogP contribution < -0.4 is 10.1 Å². The third kappa shape index (κ3) is 5.08. The van der Waals surface area contributed by atoms with Crippen molar-refractivity contribution >= 4 is 11.8 Å². The van der Waals surface area contributed by atoms with Gasteiger partial charge in [-0.15, -0.1) is 10.2 Å². The molecule has 7 heteroatoms. The van der Waals surface area contributed by atoms with Crippen molar-refractivity contribution in [2.45, 2.75) is 39.9 Å². The smallest absolute Gasteiger partial charge is 0.412 e. The number of ether oxygens (including phenoxy) is 2. The van der Waals surface area contributed by atoms with E-state index in [1.807, 2.05) is 20.8 Å². The number of benzene rings is 1. The number of nitrogens with one attached hydrogen (secondary N) is 1. The van der Waals surface area contributed by atoms with E-state index in [4.69, 9.17) is 13.9 Å². The van der Waals surface area contributed by atoms with Crippen LogP contribution >= 0.6 is 0 Å². The lowest BCUT2D eigenvalue weighted by Crippen LogP contribution is -2.27. The molecule has 0 spiro atoms. The molecule has 0 atom stereocenters. The predicted octanol–water partition coefficient (Wildman–Crippen LogP) is 3.30. The Labute approximate surface area is 128 Å². The first kappa shape index (κ1) is 15.8. The van der Waals surface area contributed by atoms with E-state index in [0.717, 1.165) is 0 Å². The van der Waals surface area contributed by atoms with Crippen LogP contribution in [-0.4, -0.2) is 21.9 Å². The highest BCUT2D eigenvalue weighted by Gasteiger charge is 2.16. The molecular formula is C15H19N3O4. The van der Waals surface area contributed by atoms with Crippen LogP contribution in [0.3, 0.4) is 0 Å². The molecule has 22 heavy (non-hydrogen) atoms. The van der Waals surface area contributed by atoms with Gasteiger partial charge < -0.3 is 13.9 Å². The lowest BCUT2D eigenvalue weighted by atomic mass is 10.2. The number of anilines is 1. The highest BCUT2D eigenvalue weighted by molar-refractivity contribution is 5.84. The van der Waals surface area contributed by atoms with Gasteiger partial charge in [0.15, 0.2) is 6.61 Å². The zero-order valence-corrected chi connectivity index (χ0v) is 13.0. The fourth-order valence-electron chi connectivity index (χ4n) is 1.60. The monoisotopic (exact) mass is 305 g/mol. The summed E-state index contributed by atoms with van der Waals surface area (Å²) >= 11 is 0. The van der Waals surface area contributed by atoms with Crippen molar-refractivity contribution in [3.8, 4) is 5.75 Å². The van der Waals surface area contributed by atoms with E-state index in [1.165, 1.54) is 0 Å². The molecule has 0 aliphatic heterocycles. The van der Waals surface area contributed by atoms with Crippen molar-refractivity contribution in [3.63, 3.8) is 0 Å². The summed E-state index contributed by atoms with van der Waals surface area (Å²) in [4.78, 5) is 11.6. The number of aryl methyl sites for hydroxylation is 1. The second-order valence-electron chi connectivity index (χ2n) is 5.65. The summed E-state index contributed by atoms with van der Waals surface area (Å²) in [6.45, 7) is 7.33. The Morgan fingerprint density at radius 1 is 1.23 bits per heavy atom. The Hall–Kier alpha value is -2.57. The predicted molar refractivity (Wildman–Crippen MR) is 79.7 cm³/mol. The van der Waals surface area contributed by atoms with Gasteiger partial charge in [0.05, 0.1) is 0 Å². The van der Waals surface area contributed by atoms with Crippen molar-refractivity contribution in [1.29, 1.82) is 0 Å². The fraction of sp³-hybridized carbons (Fsp3) is 0.400. The molecule has 0 radical (unpaired) electrons. The van der Waals surface area contributed by atoms with E-state index in [1.54, 1.807) is 31.2 Å². The van der Waals surface area contributed by atoms with Crippen LogP contribution in [0.4, 0.5) is 10.5 Å². The lowest BCUT2D eigenvalue weighted by molar-refractivity contribution is 0.0636. The van der Waals surface area contributed by atoms with Gasteiger partial charge in [-0.2, -0.15) is 0 Å². The largest absolute Gasteiger partial charge is 0.484 e. The van der Waals surface area contributed by atoms with E-state index < -0.39 is 11.7 Å². The van der Waals surface area contributed by atoms with Gasteiger partial charge in [-0.3, -0.25) is 5.32 Å². The number of hydrogen-bond donors (Lipinski definition) is 1. The molecule has 0 bridgehead atoms. The minimum absolute atomic E-state index is 0.194. The van der Waals surface area contributed by atoms with E-state index in [-0.39, 0.29) is 6.61 Å². The summed E-state index contributed by atoms with van der Waals surface area (Å²) in [6.07, 6.45) is -0.498. The minimum Gasteiger partial charge on any atom is -0.484 e. The quantitative estimate of drug-likeness (QED) is 0.932. The summed E-state index contributed by atoms with van der Waals surface area (Å²) in [5.41, 5.74) is 0.0882. The first-order valence-corrected chi connectivity index (χ1v) is 6.84. The SMILES string of the molecule is Cc1nnc(COc2ccc(NC(=O)OC(C)(C)C)cc2)o1. The lowest BCUT2D eigenvalue weighted by Gasteiger charge is -2.19. The molecule has 0 fully saturated rings. The summed E-state index contributed by atoms with van der Waals surface area (Å²) in [5.74, 6) is 1.54. The highest BCUT2D eigenvalue weighted by Crippen LogP contribution is 2.18. The van der Waals surface area contributed by atoms with Crippen molar-refractivity contribution in [2.75, 3.05) is 5.32 Å². The van der Waals surface area contributed by atoms with E-state index in [0.29, 0.717) is 23.2 Å². The third-order valence-electron chi connectivity index (χ3n) is 2.43. The highest BCUT2D eigenvalue weighted by atomic mass is 16.6. The minimum atomic E-state index is -0.532. The van der Waals surface area contributed by atoms with Gasteiger partial charge in [0.2, 0.25) is 5.89 Å². The van der Waals surface area contributed by atoms with E-state index in [2.05, 4.69) is 15.5 Å². The van der Waals surface area contributed by atoms with Crippen LogP contribution in [-0.2, 0) is 11.3 Å². The maximum absolute atomic E-state index is 11.6. The first-order valence-electron chi connectivity index (χ1n) is 6.84. The van der Waals surface area contributed by atoms with Crippen LogP contribution in [0.5, 0.6) is 5.75 Å². The van der Waals surface area contributed by atoms with Crippen molar-refractivity contribution in [3.05, 3.63) is 36.0 Å². The van der Waals surface area contributed by atoms with Crippen LogP contribution in [0.1, 0.15) is 32.6 Å². The van der Waals surface area contributed by atoms with Gasteiger partial charge in [-0.05, 0) is 45.0 Å². The van der Waals surface area contributed by atoms with E-state index >= 15 is 0 Å². The molecule has 0 saturated heterocycles. The third-order valence-corrected chi connectivity index (χ3v) is 2.43. The molecule has 118 valence electrons. The zero-order chi connectivity index (χ0) is 16.2. The second kappa shape index (κ2) is 6.46. The maximum atomic E-state index is 11.6. The normalized spacial score (nSPS) is 11.1. The number of rotatable bonds is 4. The summed E-state index contributed by atoms with van der Waals surface area (Å²) in [5, 5.41) is 10.2. The average molecular weight is 305 g/mol. The number of carbonyl (C=O) groups is 1. The van der Waals surface area contributed by atoms with Crippen LogP contribution in [0, 0.1) is 6.92 Å². The van der Waals surface area contributed by atoms with Crippen molar-refractivity contribution < 1.29 is 18.7 Å². The number of amides is 1. The van der Waals surface area contributed by atoms with Crippen molar-refractivity contribution in [2.24, 2.45) is 0 Å². The molecule has 1 aromatic carbocycles. The summed E-state index contributed by atoms with van der Waals surface area (Å²) in [6, 6.07) is 6.91. The topological polar surface area (TPSA) is 86.5 Å². The summed E-state index contributed by atoms with van der Waals surface area (Å²) in [7, 11) is 0. The molecule has 1 heterocycles. The van der Waals surface area contributed by atoms with Gasteiger partial charge >= 0.3 is 6.09 Å². The molecule has 2 aromatic rings. The maximum Gasteiger partial charge on any atom is 0.412 e. The molecule has 0 saturated carbocycles. The molecule has 0 aliphatic rings. The van der Waals surface area contributed by atoms with Crippen LogP contribution in [0.2, 0.25) is 0 Å². The second-order valence-corrected chi connectivity index (χ2v) is 5.65. The Bertz CT molecular complexity index is 629. The Morgan fingerprint density at radius 2 is 1.91 bits per heavy atom. The fourth-order valence-corrected chi connectivity index (χ4v) is 1.60. The van der Waals surface area contributed by atoms with Crippen LogP contribution in [0.15, 0.2) is 28.7 Å². The number of nitrogens with zero attached hydrogens (tertiary/aromatic N) is 2. The van der Waals surface area contributed by atoms with Crippen LogP contribution in [0.25, 0.3) is 0 Å². The molecule has 1 aromatic heterocycles. The standard InChI is InChI=1S/C15H19N3O4/c1-10-17-18-13(21-10)9-20-12-7-5-11(6-8-12)16-14(19)22-15(2,3)4/h5-8H,9H2,1-4H3,(H,16,19). The van der Waals surface area contributed by atoms with Gasteiger partial charge in [0, 0.05) is 12.6 Å². The van der Waals surface area contributed by atoms with Crippen molar-refractivity contribution in [1.82, 2.24) is 10.2 Å². The Morgan fingerprint density at radius 3 is 2.45 bits per heavy atom. The summed E-state index contributed by atoms with van der Waals surface area (Å²) < 4.78 is 15.9. The number of hydrogen-bond acceptors (Lipinski definition) is 6. The molecule has 1 amide bonds. The molecule has 0 aliphatic carbocycles. The molecule has 1 N–H and O–H groups in total. The Balaban J connectivity index is 1.86. The molecular weight excluding hydrogens is 286 g/mol. The van der Waals surface area contributed by atoms with Gasteiger partial charge in [0.25, 0.3) is 5.89 Å². The average Bonchev–Trinajstić information content (AvgIpc) is 2.81.